The van der Waals surface area contributed by atoms with Gasteiger partial charge in [-0.25, -0.2) is 0 Å². The van der Waals surface area contributed by atoms with Crippen molar-refractivity contribution in [1.29, 1.82) is 0 Å². The van der Waals surface area contributed by atoms with Gasteiger partial charge in [0.2, 0.25) is 0 Å². The molecule has 0 radical (unpaired) electrons. The highest BCUT2D eigenvalue weighted by atomic mass is 31.1. The smallest absolute Gasteiger partial charge is 0.116 e. The van der Waals surface area contributed by atoms with E-state index in [1.54, 1.807) is 5.30 Å². The normalized spacial score (nSPS) is 15.1. The van der Waals surface area contributed by atoms with Gasteiger partial charge in [0.1, 0.15) is 16.5 Å². The van der Waals surface area contributed by atoms with Gasteiger partial charge in [-0.15, -0.1) is 0 Å². The number of hydrogen-bond donors (Lipinski definition) is 0. The van der Waals surface area contributed by atoms with Crippen molar-refractivity contribution in [3.8, 4) is 0 Å². The van der Waals surface area contributed by atoms with Gasteiger partial charge in [0.25, 0.3) is 0 Å². The van der Waals surface area contributed by atoms with Crippen molar-refractivity contribution in [3.63, 3.8) is 0 Å². The third-order valence-electron chi connectivity index (χ3n) is 3.00. The van der Waals surface area contributed by atoms with Crippen LogP contribution in [0.4, 0.5) is 0 Å². The summed E-state index contributed by atoms with van der Waals surface area (Å²) in [6, 6.07) is 11.2. The van der Waals surface area contributed by atoms with E-state index >= 15 is 0 Å². The molecule has 0 saturated heterocycles. The summed E-state index contributed by atoms with van der Waals surface area (Å²) in [4.78, 5) is 0. The van der Waals surface area contributed by atoms with Gasteiger partial charge in [0.05, 0.1) is 0 Å². The lowest BCUT2D eigenvalue weighted by Gasteiger charge is -2.50. The minimum Gasteiger partial charge on any atom is -0.321 e. The molecular formula is C15H30NPSi2. The monoisotopic (exact) mass is 311 g/mol. The molecule has 1 aromatic carbocycles. The van der Waals surface area contributed by atoms with E-state index in [-0.39, 0.29) is 8.07 Å². The summed E-state index contributed by atoms with van der Waals surface area (Å²) in [6.07, 6.45) is 0. The summed E-state index contributed by atoms with van der Waals surface area (Å²) >= 11 is 0. The maximum Gasteiger partial charge on any atom is 0.116 e. The molecule has 1 aromatic rings. The van der Waals surface area contributed by atoms with Gasteiger partial charge in [-0.1, -0.05) is 83.5 Å². The average molecular weight is 312 g/mol. The lowest BCUT2D eigenvalue weighted by atomic mass is 10.4. The second kappa shape index (κ2) is 6.21. The molecule has 0 bridgehead atoms. The Morgan fingerprint density at radius 2 is 1.26 bits per heavy atom. The molecule has 0 spiro atoms. The quantitative estimate of drug-likeness (QED) is 0.541. The minimum atomic E-state index is -1.31. The first kappa shape index (κ1) is 17.1. The zero-order chi connectivity index (χ0) is 14.8. The standard InChI is InChI=1S/C15H30NPSi2/c1-14(2)17(15-12-10-9-11-13-15)16(18(3,4)5)19(6,7)8/h9-14H,1-8H3. The van der Waals surface area contributed by atoms with Crippen LogP contribution in [0.1, 0.15) is 13.8 Å². The van der Waals surface area contributed by atoms with Crippen molar-refractivity contribution in [3.05, 3.63) is 30.3 Å². The van der Waals surface area contributed by atoms with E-state index in [4.69, 9.17) is 0 Å². The number of nitrogens with zero attached hydrogens (tertiary/aromatic N) is 1. The van der Waals surface area contributed by atoms with Crippen molar-refractivity contribution < 1.29 is 0 Å². The molecule has 0 N–H and O–H groups in total. The molecule has 1 unspecified atom stereocenters. The van der Waals surface area contributed by atoms with E-state index in [1.807, 2.05) is 0 Å². The summed E-state index contributed by atoms with van der Waals surface area (Å²) in [6.45, 7) is 19.8. The number of benzene rings is 1. The fourth-order valence-electron chi connectivity index (χ4n) is 2.88. The van der Waals surface area contributed by atoms with Crippen LogP contribution in [0.25, 0.3) is 0 Å². The summed E-state index contributed by atoms with van der Waals surface area (Å²) < 4.78 is 3.00. The molecule has 1 nitrogen and oxygen atoms in total. The highest BCUT2D eigenvalue weighted by Crippen LogP contribution is 2.50. The van der Waals surface area contributed by atoms with Crippen LogP contribution in [0.5, 0.6) is 0 Å². The molecule has 4 heteroatoms. The fraction of sp³-hybridized carbons (Fsp3) is 0.600. The van der Waals surface area contributed by atoms with E-state index in [2.05, 4.69) is 87.5 Å². The molecule has 1 rings (SSSR count). The maximum atomic E-state index is 3.00. The fourth-order valence-corrected chi connectivity index (χ4v) is 19.9. The van der Waals surface area contributed by atoms with Gasteiger partial charge in [-0.05, 0) is 19.0 Å². The third-order valence-corrected chi connectivity index (χ3v) is 16.7. The zero-order valence-corrected chi connectivity index (χ0v) is 16.8. The minimum absolute atomic E-state index is 0.198. The molecule has 0 aromatic heterocycles. The molecule has 1 atom stereocenters. The SMILES string of the molecule is CC(C)P(c1ccccc1)N([Si](C)(C)C)[Si](C)(C)C. The van der Waals surface area contributed by atoms with Gasteiger partial charge >= 0.3 is 0 Å². The van der Waals surface area contributed by atoms with Gasteiger partial charge in [0.15, 0.2) is 0 Å². The summed E-state index contributed by atoms with van der Waals surface area (Å²) in [5.41, 5.74) is 0.718. The van der Waals surface area contributed by atoms with Gasteiger partial charge in [0, 0.05) is 0 Å². The van der Waals surface area contributed by atoms with Crippen LogP contribution >= 0.6 is 8.07 Å². The first-order valence-electron chi connectivity index (χ1n) is 7.19. The topological polar surface area (TPSA) is 3.24 Å². The third kappa shape index (κ3) is 4.52. The highest BCUT2D eigenvalue weighted by molar-refractivity contribution is 7.68. The Bertz CT molecular complexity index is 379. The first-order valence-corrected chi connectivity index (χ1v) is 15.5. The molecule has 0 aliphatic heterocycles. The van der Waals surface area contributed by atoms with E-state index in [1.165, 1.54) is 0 Å². The summed E-state index contributed by atoms with van der Waals surface area (Å²) in [5, 5.41) is 1.55. The lowest BCUT2D eigenvalue weighted by Crippen LogP contribution is -2.57. The first-order chi connectivity index (χ1) is 8.55. The van der Waals surface area contributed by atoms with Crippen LogP contribution < -0.4 is 5.30 Å². The van der Waals surface area contributed by atoms with E-state index in [9.17, 15) is 0 Å². The van der Waals surface area contributed by atoms with Crippen molar-refractivity contribution in [1.82, 2.24) is 4.00 Å². The van der Waals surface area contributed by atoms with Gasteiger partial charge < -0.3 is 4.00 Å². The Morgan fingerprint density at radius 1 is 0.842 bits per heavy atom. The molecule has 0 aliphatic carbocycles. The summed E-state index contributed by atoms with van der Waals surface area (Å²) in [5.74, 6) is 0. The Labute approximate surface area is 123 Å². The number of rotatable bonds is 5. The lowest BCUT2D eigenvalue weighted by molar-refractivity contribution is 0.930. The van der Waals surface area contributed by atoms with Crippen molar-refractivity contribution >= 4 is 29.8 Å². The van der Waals surface area contributed by atoms with Crippen LogP contribution in [0.2, 0.25) is 39.3 Å². The Kier molecular flexibility index (Phi) is 5.59. The van der Waals surface area contributed by atoms with Crippen molar-refractivity contribution in [2.45, 2.75) is 58.8 Å². The van der Waals surface area contributed by atoms with Crippen LogP contribution in [0, 0.1) is 0 Å². The van der Waals surface area contributed by atoms with Gasteiger partial charge in [-0.2, -0.15) is 0 Å². The van der Waals surface area contributed by atoms with E-state index < -0.39 is 16.5 Å². The van der Waals surface area contributed by atoms with Gasteiger partial charge in [-0.3, -0.25) is 0 Å². The predicted molar refractivity (Wildman–Crippen MR) is 96.7 cm³/mol. The Hall–Kier alpha value is 0.0438. The molecule has 108 valence electrons. The molecule has 0 aliphatic rings. The second-order valence-electron chi connectivity index (χ2n) is 7.43. The Morgan fingerprint density at radius 3 is 1.58 bits per heavy atom. The molecule has 0 fully saturated rings. The molecule has 0 saturated carbocycles. The largest absolute Gasteiger partial charge is 0.321 e. The molecular weight excluding hydrogens is 281 g/mol. The second-order valence-corrected chi connectivity index (χ2v) is 20.8. The Balaban J connectivity index is 3.30. The van der Waals surface area contributed by atoms with E-state index in [0.717, 1.165) is 5.66 Å². The summed E-state index contributed by atoms with van der Waals surface area (Å²) in [7, 11) is -2.81. The van der Waals surface area contributed by atoms with Crippen LogP contribution in [0.3, 0.4) is 0 Å². The van der Waals surface area contributed by atoms with Crippen molar-refractivity contribution in [2.24, 2.45) is 0 Å². The number of hydrogen-bond acceptors (Lipinski definition) is 1. The predicted octanol–water partition coefficient (Wildman–Crippen LogP) is 5.09. The zero-order valence-electron chi connectivity index (χ0n) is 13.9. The molecule has 19 heavy (non-hydrogen) atoms. The average Bonchev–Trinajstić information content (AvgIpc) is 2.23. The van der Waals surface area contributed by atoms with Crippen LogP contribution in [0.15, 0.2) is 30.3 Å². The van der Waals surface area contributed by atoms with Crippen LogP contribution in [-0.2, 0) is 0 Å². The van der Waals surface area contributed by atoms with E-state index in [0.29, 0.717) is 0 Å². The highest BCUT2D eigenvalue weighted by Gasteiger charge is 2.40. The molecule has 0 amide bonds. The maximum absolute atomic E-state index is 3.00. The molecule has 0 heterocycles. The van der Waals surface area contributed by atoms with Crippen LogP contribution in [-0.4, -0.2) is 26.1 Å². The van der Waals surface area contributed by atoms with Crippen molar-refractivity contribution in [2.75, 3.05) is 0 Å².